The number of aliphatic carboxylic acids is 1. The Hall–Kier alpha value is -1.69. The minimum Gasteiger partial charge on any atom is -0.496 e. The van der Waals surface area contributed by atoms with Crippen molar-refractivity contribution in [2.24, 2.45) is 0 Å². The van der Waals surface area contributed by atoms with Gasteiger partial charge in [0.2, 0.25) is 5.91 Å². The highest BCUT2D eigenvalue weighted by atomic mass is 32.2. The van der Waals surface area contributed by atoms with Crippen molar-refractivity contribution in [3.8, 4) is 5.75 Å². The first kappa shape index (κ1) is 15.7. The minimum atomic E-state index is -0.863. The molecule has 1 amide bonds. The molecule has 5 nitrogen and oxygen atoms in total. The summed E-state index contributed by atoms with van der Waals surface area (Å²) in [6.45, 7) is 0.608. The van der Waals surface area contributed by atoms with E-state index in [0.717, 1.165) is 11.3 Å². The van der Waals surface area contributed by atoms with Gasteiger partial charge in [-0.15, -0.1) is 0 Å². The van der Waals surface area contributed by atoms with Gasteiger partial charge in [0.05, 0.1) is 26.0 Å². The monoisotopic (exact) mass is 309 g/mol. The lowest BCUT2D eigenvalue weighted by molar-refractivity contribution is -0.140. The Morgan fingerprint density at radius 1 is 1.43 bits per heavy atom. The van der Waals surface area contributed by atoms with Crippen LogP contribution in [-0.2, 0) is 16.0 Å². The number of amides is 1. The predicted molar refractivity (Wildman–Crippen MR) is 81.8 cm³/mol. The molecule has 0 radical (unpaired) electrons. The minimum absolute atomic E-state index is 0.00463. The van der Waals surface area contributed by atoms with Gasteiger partial charge >= 0.3 is 5.97 Å². The molecule has 1 saturated heterocycles. The number of para-hydroxylation sites is 1. The van der Waals surface area contributed by atoms with Crippen molar-refractivity contribution in [1.29, 1.82) is 0 Å². The van der Waals surface area contributed by atoms with Gasteiger partial charge in [0.25, 0.3) is 0 Å². The van der Waals surface area contributed by atoms with Crippen molar-refractivity contribution in [2.45, 2.75) is 18.9 Å². The van der Waals surface area contributed by atoms with Gasteiger partial charge in [-0.2, -0.15) is 11.8 Å². The number of ether oxygens (including phenoxy) is 1. The second kappa shape index (κ2) is 7.36. The van der Waals surface area contributed by atoms with Gasteiger partial charge in [0.15, 0.2) is 0 Å². The number of carboxylic acids is 1. The standard InChI is InChI=1S/C15H19NO4S/c1-20-13-5-3-2-4-11(13)8-14(17)16-6-7-21-10-12(16)9-15(18)19/h2-5,12H,6-10H2,1H3,(H,18,19). The molecule has 0 aliphatic carbocycles. The van der Waals surface area contributed by atoms with Crippen LogP contribution in [0, 0.1) is 0 Å². The molecule has 0 saturated carbocycles. The summed E-state index contributed by atoms with van der Waals surface area (Å²) in [5.41, 5.74) is 0.831. The molecule has 1 aromatic carbocycles. The molecule has 0 bridgehead atoms. The van der Waals surface area contributed by atoms with Gasteiger partial charge in [0.1, 0.15) is 5.75 Å². The summed E-state index contributed by atoms with van der Waals surface area (Å²) in [5, 5.41) is 8.97. The van der Waals surface area contributed by atoms with Crippen LogP contribution in [-0.4, -0.2) is 53.1 Å². The molecule has 0 aromatic heterocycles. The molecular formula is C15H19NO4S. The van der Waals surface area contributed by atoms with E-state index in [1.54, 1.807) is 23.8 Å². The summed E-state index contributed by atoms with van der Waals surface area (Å²) in [4.78, 5) is 25.1. The number of hydrogen-bond donors (Lipinski definition) is 1. The number of benzene rings is 1. The lowest BCUT2D eigenvalue weighted by Crippen LogP contribution is -2.47. The van der Waals surface area contributed by atoms with Crippen molar-refractivity contribution < 1.29 is 19.4 Å². The Morgan fingerprint density at radius 2 is 2.19 bits per heavy atom. The third kappa shape index (κ3) is 4.14. The zero-order chi connectivity index (χ0) is 15.2. The SMILES string of the molecule is COc1ccccc1CC(=O)N1CCSCC1CC(=O)O. The number of rotatable bonds is 5. The Labute approximate surface area is 128 Å². The molecule has 1 aromatic rings. The number of carboxylic acid groups (broad SMARTS) is 1. The van der Waals surface area contributed by atoms with E-state index < -0.39 is 5.97 Å². The molecule has 1 atom stereocenters. The van der Waals surface area contributed by atoms with Crippen molar-refractivity contribution >= 4 is 23.6 Å². The van der Waals surface area contributed by atoms with Crippen molar-refractivity contribution in [3.63, 3.8) is 0 Å². The Balaban J connectivity index is 2.08. The molecule has 114 valence electrons. The van der Waals surface area contributed by atoms with Crippen molar-refractivity contribution in [1.82, 2.24) is 4.90 Å². The molecule has 1 aliphatic rings. The number of carbonyl (C=O) groups is 2. The summed E-state index contributed by atoms with van der Waals surface area (Å²) in [5.74, 6) is 1.33. The molecule has 21 heavy (non-hydrogen) atoms. The highest BCUT2D eigenvalue weighted by molar-refractivity contribution is 7.99. The van der Waals surface area contributed by atoms with Gasteiger partial charge in [-0.1, -0.05) is 18.2 Å². The van der Waals surface area contributed by atoms with Crippen molar-refractivity contribution in [2.75, 3.05) is 25.2 Å². The van der Waals surface area contributed by atoms with Gasteiger partial charge in [-0.05, 0) is 6.07 Å². The zero-order valence-corrected chi connectivity index (χ0v) is 12.8. The fraction of sp³-hybridized carbons (Fsp3) is 0.467. The Kier molecular flexibility index (Phi) is 5.50. The fourth-order valence-corrected chi connectivity index (χ4v) is 3.53. The van der Waals surface area contributed by atoms with Crippen LogP contribution in [0.15, 0.2) is 24.3 Å². The fourth-order valence-electron chi connectivity index (χ4n) is 2.47. The van der Waals surface area contributed by atoms with E-state index in [9.17, 15) is 9.59 Å². The number of carbonyl (C=O) groups excluding carboxylic acids is 1. The van der Waals surface area contributed by atoms with Gasteiger partial charge in [-0.3, -0.25) is 9.59 Å². The predicted octanol–water partition coefficient (Wildman–Crippen LogP) is 1.66. The maximum absolute atomic E-state index is 12.5. The smallest absolute Gasteiger partial charge is 0.305 e. The highest BCUT2D eigenvalue weighted by Crippen LogP contribution is 2.23. The second-order valence-corrected chi connectivity index (χ2v) is 6.05. The Bertz CT molecular complexity index is 520. The van der Waals surface area contributed by atoms with E-state index in [2.05, 4.69) is 0 Å². The number of nitrogens with zero attached hydrogens (tertiary/aromatic N) is 1. The first-order valence-electron chi connectivity index (χ1n) is 6.82. The molecule has 1 unspecified atom stereocenters. The molecule has 1 heterocycles. The maximum Gasteiger partial charge on any atom is 0.305 e. The van der Waals surface area contributed by atoms with E-state index in [0.29, 0.717) is 18.0 Å². The average Bonchev–Trinajstić information content (AvgIpc) is 2.47. The van der Waals surface area contributed by atoms with E-state index in [1.165, 1.54) is 0 Å². The van der Waals surface area contributed by atoms with Crippen LogP contribution < -0.4 is 4.74 Å². The molecule has 6 heteroatoms. The number of thioether (sulfide) groups is 1. The van der Waals surface area contributed by atoms with Crippen molar-refractivity contribution in [3.05, 3.63) is 29.8 Å². The number of hydrogen-bond acceptors (Lipinski definition) is 4. The second-order valence-electron chi connectivity index (χ2n) is 4.90. The van der Waals surface area contributed by atoms with Gasteiger partial charge in [-0.25, -0.2) is 0 Å². The summed E-state index contributed by atoms with van der Waals surface area (Å²) in [6, 6.07) is 7.19. The van der Waals surface area contributed by atoms with Crippen LogP contribution >= 0.6 is 11.8 Å². The van der Waals surface area contributed by atoms with Gasteiger partial charge in [0, 0.05) is 23.6 Å². The molecular weight excluding hydrogens is 290 g/mol. The lowest BCUT2D eigenvalue weighted by atomic mass is 10.1. The quantitative estimate of drug-likeness (QED) is 0.896. The lowest BCUT2D eigenvalue weighted by Gasteiger charge is -2.34. The molecule has 1 aliphatic heterocycles. The third-order valence-electron chi connectivity index (χ3n) is 3.49. The molecule has 0 spiro atoms. The molecule has 1 fully saturated rings. The summed E-state index contributed by atoms with van der Waals surface area (Å²) < 4.78 is 5.26. The summed E-state index contributed by atoms with van der Waals surface area (Å²) >= 11 is 1.70. The first-order chi connectivity index (χ1) is 10.1. The van der Waals surface area contributed by atoms with Crippen LogP contribution in [0.5, 0.6) is 5.75 Å². The normalized spacial score (nSPS) is 18.3. The molecule has 2 rings (SSSR count). The average molecular weight is 309 g/mol. The van der Waals surface area contributed by atoms with Crippen LogP contribution in [0.25, 0.3) is 0 Å². The number of methoxy groups -OCH3 is 1. The van der Waals surface area contributed by atoms with E-state index in [-0.39, 0.29) is 24.8 Å². The topological polar surface area (TPSA) is 66.8 Å². The largest absolute Gasteiger partial charge is 0.496 e. The Morgan fingerprint density at radius 3 is 2.90 bits per heavy atom. The first-order valence-corrected chi connectivity index (χ1v) is 7.98. The summed E-state index contributed by atoms with van der Waals surface area (Å²) in [6.07, 6.45) is 0.245. The molecule has 1 N–H and O–H groups in total. The summed E-state index contributed by atoms with van der Waals surface area (Å²) in [7, 11) is 1.58. The highest BCUT2D eigenvalue weighted by Gasteiger charge is 2.29. The van der Waals surface area contributed by atoms with E-state index >= 15 is 0 Å². The van der Waals surface area contributed by atoms with Crippen LogP contribution in [0.2, 0.25) is 0 Å². The van der Waals surface area contributed by atoms with E-state index in [1.807, 2.05) is 24.3 Å². The van der Waals surface area contributed by atoms with E-state index in [4.69, 9.17) is 9.84 Å². The third-order valence-corrected chi connectivity index (χ3v) is 4.58. The zero-order valence-electron chi connectivity index (χ0n) is 11.9. The van der Waals surface area contributed by atoms with Crippen LogP contribution in [0.4, 0.5) is 0 Å². The maximum atomic E-state index is 12.5. The van der Waals surface area contributed by atoms with Crippen LogP contribution in [0.3, 0.4) is 0 Å². The van der Waals surface area contributed by atoms with Crippen LogP contribution in [0.1, 0.15) is 12.0 Å². The van der Waals surface area contributed by atoms with Gasteiger partial charge < -0.3 is 14.7 Å².